The third-order valence-corrected chi connectivity index (χ3v) is 5.90. The van der Waals surface area contributed by atoms with Crippen LogP contribution in [0.1, 0.15) is 32.1 Å². The number of imidazole rings is 1. The number of H-pyrrole nitrogens is 1. The van der Waals surface area contributed by atoms with Gasteiger partial charge in [-0.3, -0.25) is 14.5 Å². The summed E-state index contributed by atoms with van der Waals surface area (Å²) in [6.07, 6.45) is 5.10. The minimum Gasteiger partial charge on any atom is -0.467 e. The molecule has 3 heterocycles. The fourth-order valence-corrected chi connectivity index (χ4v) is 4.13. The Morgan fingerprint density at radius 1 is 1.19 bits per heavy atom. The number of anilines is 2. The Morgan fingerprint density at radius 3 is 2.83 bits per heavy atom. The number of rotatable bonds is 10. The number of hydrogen-bond acceptors (Lipinski definition) is 8. The number of nitrogens with zero attached hydrogens (tertiary/aromatic N) is 4. The lowest BCUT2D eigenvalue weighted by atomic mass is 10.1. The molecule has 190 valence electrons. The molecule has 0 bridgehead atoms. The van der Waals surface area contributed by atoms with E-state index in [9.17, 15) is 23.2 Å². The molecule has 3 aromatic rings. The maximum atomic E-state index is 14.4. The number of ether oxygens (including phenoxy) is 1. The minimum atomic E-state index is -1.25. The van der Waals surface area contributed by atoms with Crippen LogP contribution in [-0.2, 0) is 19.1 Å². The van der Waals surface area contributed by atoms with Crippen LogP contribution in [0, 0.1) is 11.6 Å². The number of benzene rings is 1. The molecule has 1 saturated heterocycles. The first-order valence-electron chi connectivity index (χ1n) is 11.4. The number of aromatic amines is 1. The highest BCUT2D eigenvalue weighted by atomic mass is 19.2. The summed E-state index contributed by atoms with van der Waals surface area (Å²) in [5.41, 5.74) is 0.907. The minimum absolute atomic E-state index is 0.113. The van der Waals surface area contributed by atoms with Gasteiger partial charge in [0.15, 0.2) is 23.1 Å². The highest BCUT2D eigenvalue weighted by Gasteiger charge is 2.46. The molecule has 1 aliphatic rings. The molecular formula is C23H25F2N7O4. The van der Waals surface area contributed by atoms with Gasteiger partial charge in [0, 0.05) is 19.4 Å². The zero-order chi connectivity index (χ0) is 25.7. The number of halogens is 2. The number of nitrogens with one attached hydrogen (secondary N) is 3. The van der Waals surface area contributed by atoms with Crippen LogP contribution < -0.4 is 15.5 Å². The molecule has 1 aliphatic heterocycles. The molecule has 1 aromatic carbocycles. The van der Waals surface area contributed by atoms with Crippen molar-refractivity contribution in [3.05, 3.63) is 42.5 Å². The Kier molecular flexibility index (Phi) is 7.66. The van der Waals surface area contributed by atoms with Crippen LogP contribution in [0.4, 0.5) is 20.3 Å². The predicted octanol–water partition coefficient (Wildman–Crippen LogP) is 2.07. The van der Waals surface area contributed by atoms with E-state index in [4.69, 9.17) is 4.74 Å². The van der Waals surface area contributed by atoms with Crippen molar-refractivity contribution >= 4 is 40.5 Å². The number of amides is 2. The van der Waals surface area contributed by atoms with Crippen molar-refractivity contribution in [3.63, 3.8) is 0 Å². The van der Waals surface area contributed by atoms with E-state index in [0.717, 1.165) is 36.4 Å². The zero-order valence-corrected chi connectivity index (χ0v) is 19.5. The van der Waals surface area contributed by atoms with Crippen molar-refractivity contribution in [1.82, 2.24) is 25.3 Å². The quantitative estimate of drug-likeness (QED) is 0.283. The number of carbonyl (C=O) groups is 3. The molecule has 13 heteroatoms. The summed E-state index contributed by atoms with van der Waals surface area (Å²) in [6, 6.07) is 1.10. The lowest BCUT2D eigenvalue weighted by molar-refractivity contribution is -0.142. The van der Waals surface area contributed by atoms with Crippen LogP contribution in [0.2, 0.25) is 0 Å². The summed E-state index contributed by atoms with van der Waals surface area (Å²) < 4.78 is 32.8. The number of hydrogen-bond donors (Lipinski definition) is 3. The number of unbranched alkanes of at least 4 members (excludes halogenated alkanes) is 2. The fourth-order valence-electron chi connectivity index (χ4n) is 4.13. The molecule has 2 aromatic heterocycles. The average Bonchev–Trinajstić information content (AvgIpc) is 3.48. The molecule has 4 rings (SSSR count). The lowest BCUT2D eigenvalue weighted by Gasteiger charge is -2.23. The Balaban J connectivity index is 1.26. The molecular weight excluding hydrogens is 476 g/mol. The van der Waals surface area contributed by atoms with Crippen LogP contribution in [0.3, 0.4) is 0 Å². The van der Waals surface area contributed by atoms with Crippen LogP contribution >= 0.6 is 0 Å². The molecule has 0 saturated carbocycles. The van der Waals surface area contributed by atoms with Crippen molar-refractivity contribution in [3.8, 4) is 0 Å². The van der Waals surface area contributed by atoms with Gasteiger partial charge in [-0.2, -0.15) is 0 Å². The molecule has 0 spiro atoms. The molecule has 2 amide bonds. The summed E-state index contributed by atoms with van der Waals surface area (Å²) >= 11 is 0. The highest BCUT2D eigenvalue weighted by molar-refractivity contribution is 6.07. The standard InChI is InChI=1S/C23H25F2N7O4/c1-36-23(35)16-10-14(22(34)32(16)15-7-5-6-13(24)18(15)25)31-17(33)8-3-2-4-9-26-20-19-21(28-11-27-19)30-12-29-20/h5-7,11-12,14,16H,2-4,8-10H2,1H3,(H,31,33)(H2,26,27,28,29,30)/t14-,16-/m0/s1. The van der Waals surface area contributed by atoms with E-state index in [1.807, 2.05) is 0 Å². The van der Waals surface area contributed by atoms with Gasteiger partial charge in [0.25, 0.3) is 5.91 Å². The van der Waals surface area contributed by atoms with E-state index in [-0.39, 0.29) is 24.4 Å². The second-order valence-electron chi connectivity index (χ2n) is 8.24. The molecule has 3 N–H and O–H groups in total. The van der Waals surface area contributed by atoms with Crippen molar-refractivity contribution in [2.24, 2.45) is 0 Å². The fraction of sp³-hybridized carbons (Fsp3) is 0.391. The second kappa shape index (κ2) is 11.1. The largest absolute Gasteiger partial charge is 0.467 e. The molecule has 11 nitrogen and oxygen atoms in total. The Morgan fingerprint density at radius 2 is 2.03 bits per heavy atom. The summed E-state index contributed by atoms with van der Waals surface area (Å²) in [4.78, 5) is 53.8. The predicted molar refractivity (Wildman–Crippen MR) is 125 cm³/mol. The van der Waals surface area contributed by atoms with Gasteiger partial charge >= 0.3 is 5.97 Å². The monoisotopic (exact) mass is 501 g/mol. The van der Waals surface area contributed by atoms with Gasteiger partial charge in [0.05, 0.1) is 19.1 Å². The SMILES string of the molecule is COC(=O)[C@@H]1C[C@H](NC(=O)CCCCCNc2ncnc3nc[nH]c23)C(=O)N1c1cccc(F)c1F. The first-order chi connectivity index (χ1) is 17.4. The van der Waals surface area contributed by atoms with Crippen LogP contribution in [0.25, 0.3) is 11.2 Å². The van der Waals surface area contributed by atoms with Gasteiger partial charge in [-0.25, -0.2) is 28.5 Å². The smallest absolute Gasteiger partial charge is 0.329 e. The molecule has 36 heavy (non-hydrogen) atoms. The third kappa shape index (κ3) is 5.24. The van der Waals surface area contributed by atoms with Gasteiger partial charge in [0.2, 0.25) is 5.91 Å². The van der Waals surface area contributed by atoms with Crippen LogP contribution in [0.5, 0.6) is 0 Å². The number of fused-ring (bicyclic) bond motifs is 1. The van der Waals surface area contributed by atoms with Crippen LogP contribution in [-0.4, -0.2) is 63.5 Å². The summed E-state index contributed by atoms with van der Waals surface area (Å²) in [5, 5.41) is 5.81. The van der Waals surface area contributed by atoms with Gasteiger partial charge in [0.1, 0.15) is 23.9 Å². The van der Waals surface area contributed by atoms with Crippen molar-refractivity contribution in [2.45, 2.75) is 44.2 Å². The maximum Gasteiger partial charge on any atom is 0.329 e. The zero-order valence-electron chi connectivity index (χ0n) is 19.5. The van der Waals surface area contributed by atoms with E-state index in [2.05, 4.69) is 30.6 Å². The Bertz CT molecular complexity index is 1270. The topological polar surface area (TPSA) is 142 Å². The average molecular weight is 501 g/mol. The van der Waals surface area contributed by atoms with Gasteiger partial charge in [-0.1, -0.05) is 12.5 Å². The first-order valence-corrected chi connectivity index (χ1v) is 11.4. The van der Waals surface area contributed by atoms with Crippen molar-refractivity contribution in [1.29, 1.82) is 0 Å². The Labute approximate surface area is 204 Å². The molecule has 1 fully saturated rings. The Hall–Kier alpha value is -4.16. The highest BCUT2D eigenvalue weighted by Crippen LogP contribution is 2.31. The summed E-state index contributed by atoms with van der Waals surface area (Å²) in [6.45, 7) is 0.628. The lowest BCUT2D eigenvalue weighted by Crippen LogP contribution is -2.43. The number of carbonyl (C=O) groups excluding carboxylic acids is 3. The van der Waals surface area contributed by atoms with Gasteiger partial charge in [-0.05, 0) is 25.0 Å². The molecule has 0 radical (unpaired) electrons. The van der Waals surface area contributed by atoms with E-state index in [0.29, 0.717) is 24.4 Å². The van der Waals surface area contributed by atoms with E-state index >= 15 is 0 Å². The molecule has 0 aliphatic carbocycles. The van der Waals surface area contributed by atoms with Crippen LogP contribution in [0.15, 0.2) is 30.9 Å². The molecule has 2 atom stereocenters. The maximum absolute atomic E-state index is 14.4. The van der Waals surface area contributed by atoms with Crippen molar-refractivity contribution in [2.75, 3.05) is 23.9 Å². The second-order valence-corrected chi connectivity index (χ2v) is 8.24. The number of aromatic nitrogens is 4. The summed E-state index contributed by atoms with van der Waals surface area (Å²) in [7, 11) is 1.13. The van der Waals surface area contributed by atoms with Gasteiger partial charge < -0.3 is 20.4 Å². The number of methoxy groups -OCH3 is 1. The molecule has 0 unspecified atom stereocenters. The van der Waals surface area contributed by atoms with E-state index < -0.39 is 35.6 Å². The van der Waals surface area contributed by atoms with Gasteiger partial charge in [-0.15, -0.1) is 0 Å². The normalized spacial score (nSPS) is 17.4. The summed E-state index contributed by atoms with van der Waals surface area (Å²) in [5.74, 6) is -3.62. The third-order valence-electron chi connectivity index (χ3n) is 5.90. The van der Waals surface area contributed by atoms with E-state index in [1.54, 1.807) is 6.33 Å². The van der Waals surface area contributed by atoms with Crippen molar-refractivity contribution < 1.29 is 27.9 Å². The van der Waals surface area contributed by atoms with E-state index in [1.165, 1.54) is 18.5 Å². The number of esters is 1. The first kappa shape index (κ1) is 24.9.